The van der Waals surface area contributed by atoms with Crippen molar-refractivity contribution in [2.24, 2.45) is 11.1 Å². The number of carbonyl (C=O) groups is 1. The highest BCUT2D eigenvalue weighted by molar-refractivity contribution is 5.83. The molecule has 2 aromatic rings. The molecule has 6 heteroatoms. The molecule has 2 N–H and O–H groups in total. The maximum absolute atomic E-state index is 13.4. The van der Waals surface area contributed by atoms with Crippen LogP contribution in [0.5, 0.6) is 0 Å². The summed E-state index contributed by atoms with van der Waals surface area (Å²) in [6.07, 6.45) is 3.56. The minimum Gasteiger partial charge on any atom is -0.368 e. The van der Waals surface area contributed by atoms with Crippen molar-refractivity contribution in [2.75, 3.05) is 0 Å². The second kappa shape index (κ2) is 5.96. The van der Waals surface area contributed by atoms with E-state index in [0.29, 0.717) is 5.56 Å². The molecule has 1 saturated heterocycles. The average Bonchev–Trinajstić information content (AvgIpc) is 3.00. The van der Waals surface area contributed by atoms with Crippen molar-refractivity contribution in [3.63, 3.8) is 0 Å². The molecule has 4 rings (SSSR count). The van der Waals surface area contributed by atoms with E-state index in [1.54, 1.807) is 11.1 Å². The summed E-state index contributed by atoms with van der Waals surface area (Å²) in [6.45, 7) is 0. The maximum atomic E-state index is 13.4. The summed E-state index contributed by atoms with van der Waals surface area (Å²) >= 11 is 0. The van der Waals surface area contributed by atoms with Gasteiger partial charge in [-0.2, -0.15) is 10.5 Å². The minimum atomic E-state index is -1.56. The number of nitrogens with two attached hydrogens (primary N) is 1. The molecule has 0 radical (unpaired) electrons. The number of fused-ring (bicyclic) bond motifs is 3. The molecule has 132 valence electrons. The van der Waals surface area contributed by atoms with Crippen LogP contribution in [0.4, 0.5) is 4.39 Å². The third-order valence-corrected chi connectivity index (χ3v) is 5.46. The second-order valence-electron chi connectivity index (χ2n) is 6.76. The van der Waals surface area contributed by atoms with E-state index in [1.807, 2.05) is 30.3 Å². The molecule has 0 saturated carbocycles. The van der Waals surface area contributed by atoms with Gasteiger partial charge in [0, 0.05) is 12.1 Å². The summed E-state index contributed by atoms with van der Waals surface area (Å²) in [7, 11) is 0. The molecule has 0 bridgehead atoms. The Bertz CT molecular complexity index is 1020. The van der Waals surface area contributed by atoms with E-state index in [9.17, 15) is 19.7 Å². The molecule has 2 aliphatic rings. The average molecular weight is 358 g/mol. The summed E-state index contributed by atoms with van der Waals surface area (Å²) in [5.41, 5.74) is 6.36. The van der Waals surface area contributed by atoms with Gasteiger partial charge in [0.2, 0.25) is 5.91 Å². The summed E-state index contributed by atoms with van der Waals surface area (Å²) in [5.74, 6) is -1.88. The van der Waals surface area contributed by atoms with E-state index in [2.05, 4.69) is 12.1 Å². The lowest BCUT2D eigenvalue weighted by molar-refractivity contribution is -0.122. The smallest absolute Gasteiger partial charge is 0.240 e. The van der Waals surface area contributed by atoms with Crippen LogP contribution in [-0.4, -0.2) is 16.8 Å². The molecule has 5 nitrogen and oxygen atoms in total. The Labute approximate surface area is 155 Å². The van der Waals surface area contributed by atoms with Gasteiger partial charge in [0.15, 0.2) is 5.41 Å². The first-order valence-electron chi connectivity index (χ1n) is 8.45. The molecule has 0 aliphatic carbocycles. The van der Waals surface area contributed by atoms with Crippen LogP contribution in [0.1, 0.15) is 28.7 Å². The number of nitrogens with zero attached hydrogens (tertiary/aromatic N) is 3. The van der Waals surface area contributed by atoms with Crippen molar-refractivity contribution in [1.29, 1.82) is 10.5 Å². The van der Waals surface area contributed by atoms with Crippen LogP contribution in [0.2, 0.25) is 0 Å². The molecule has 27 heavy (non-hydrogen) atoms. The number of amides is 1. The fourth-order valence-corrected chi connectivity index (χ4v) is 4.36. The third kappa shape index (κ3) is 2.24. The van der Waals surface area contributed by atoms with Gasteiger partial charge in [0.25, 0.3) is 0 Å². The van der Waals surface area contributed by atoms with Gasteiger partial charge in [0.05, 0.1) is 18.2 Å². The molecule has 1 fully saturated rings. The van der Waals surface area contributed by atoms with Crippen molar-refractivity contribution in [1.82, 2.24) is 4.90 Å². The number of nitriles is 2. The molecule has 2 aliphatic heterocycles. The number of primary amides is 1. The Hall–Kier alpha value is -3.64. The Morgan fingerprint density at radius 2 is 1.78 bits per heavy atom. The standard InChI is InChI=1S/C21H15FN4O/c22-15-7-5-14(6-8-15)17-18(20(25)27)26-10-9-13-3-1-2-4-16(13)19(26)21(17,11-23)12-24/h1-10,17-19H,(H2,25,27)/t17-,18-,19-/m1/s1. The van der Waals surface area contributed by atoms with Crippen LogP contribution >= 0.6 is 0 Å². The molecular formula is C21H15FN4O. The molecule has 1 amide bonds. The van der Waals surface area contributed by atoms with Crippen LogP contribution in [0.25, 0.3) is 6.08 Å². The topological polar surface area (TPSA) is 93.9 Å². The van der Waals surface area contributed by atoms with Gasteiger partial charge in [-0.3, -0.25) is 4.79 Å². The zero-order valence-corrected chi connectivity index (χ0v) is 14.2. The van der Waals surface area contributed by atoms with E-state index in [-0.39, 0.29) is 0 Å². The van der Waals surface area contributed by atoms with Crippen LogP contribution in [-0.2, 0) is 4.79 Å². The number of carbonyl (C=O) groups excluding carboxylic acids is 1. The summed E-state index contributed by atoms with van der Waals surface area (Å²) in [4.78, 5) is 14.1. The Morgan fingerprint density at radius 1 is 1.11 bits per heavy atom. The molecule has 3 atom stereocenters. The SMILES string of the molecule is N#CC1(C#N)[C@H](c2ccc(F)cc2)[C@H](C(N)=O)N2C=Cc3ccccc3[C@@H]21. The van der Waals surface area contributed by atoms with Crippen molar-refractivity contribution in [2.45, 2.75) is 18.0 Å². The summed E-state index contributed by atoms with van der Waals surface area (Å²) < 4.78 is 13.4. The van der Waals surface area contributed by atoms with Gasteiger partial charge in [-0.25, -0.2) is 4.39 Å². The summed E-state index contributed by atoms with van der Waals surface area (Å²) in [5, 5.41) is 20.2. The van der Waals surface area contributed by atoms with Crippen molar-refractivity contribution < 1.29 is 9.18 Å². The normalized spacial score (nSPS) is 24.4. The first-order valence-corrected chi connectivity index (χ1v) is 8.45. The lowest BCUT2D eigenvalue weighted by Crippen LogP contribution is -2.41. The number of benzene rings is 2. The molecule has 2 aromatic carbocycles. The van der Waals surface area contributed by atoms with Gasteiger partial charge in [-0.1, -0.05) is 36.4 Å². The van der Waals surface area contributed by atoms with E-state index in [4.69, 9.17) is 5.73 Å². The van der Waals surface area contributed by atoms with Gasteiger partial charge >= 0.3 is 0 Å². The first kappa shape index (κ1) is 16.8. The van der Waals surface area contributed by atoms with E-state index >= 15 is 0 Å². The minimum absolute atomic E-state index is 0.435. The van der Waals surface area contributed by atoms with Crippen LogP contribution in [0.15, 0.2) is 54.7 Å². The van der Waals surface area contributed by atoms with E-state index in [1.165, 1.54) is 24.3 Å². The molecule has 0 unspecified atom stereocenters. The predicted molar refractivity (Wildman–Crippen MR) is 95.8 cm³/mol. The lowest BCUT2D eigenvalue weighted by atomic mass is 9.68. The highest BCUT2D eigenvalue weighted by Gasteiger charge is 2.63. The lowest BCUT2D eigenvalue weighted by Gasteiger charge is -2.34. The fraction of sp³-hybridized carbons (Fsp3) is 0.190. The fourth-order valence-electron chi connectivity index (χ4n) is 4.36. The van der Waals surface area contributed by atoms with Crippen molar-refractivity contribution in [3.05, 3.63) is 77.2 Å². The maximum Gasteiger partial charge on any atom is 0.240 e. The predicted octanol–water partition coefficient (Wildman–Crippen LogP) is 2.84. The van der Waals surface area contributed by atoms with E-state index < -0.39 is 35.1 Å². The van der Waals surface area contributed by atoms with Crippen molar-refractivity contribution in [3.8, 4) is 12.1 Å². The largest absolute Gasteiger partial charge is 0.368 e. The van der Waals surface area contributed by atoms with Gasteiger partial charge in [-0.15, -0.1) is 0 Å². The number of hydrogen-bond acceptors (Lipinski definition) is 4. The third-order valence-electron chi connectivity index (χ3n) is 5.46. The summed E-state index contributed by atoms with van der Waals surface area (Å²) in [6, 6.07) is 15.8. The highest BCUT2D eigenvalue weighted by Crippen LogP contribution is 2.59. The Kier molecular flexibility index (Phi) is 3.71. The van der Waals surface area contributed by atoms with Gasteiger partial charge in [-0.05, 0) is 34.9 Å². The van der Waals surface area contributed by atoms with E-state index in [0.717, 1.165) is 11.1 Å². The molecule has 2 heterocycles. The quantitative estimate of drug-likeness (QED) is 0.893. The number of halogens is 1. The molecular weight excluding hydrogens is 343 g/mol. The number of hydrogen-bond donors (Lipinski definition) is 1. The van der Waals surface area contributed by atoms with Crippen molar-refractivity contribution >= 4 is 12.0 Å². The molecule has 0 spiro atoms. The zero-order valence-electron chi connectivity index (χ0n) is 14.2. The zero-order chi connectivity index (χ0) is 19.2. The van der Waals surface area contributed by atoms with Crippen LogP contribution in [0, 0.1) is 33.9 Å². The highest BCUT2D eigenvalue weighted by atomic mass is 19.1. The van der Waals surface area contributed by atoms with Crippen LogP contribution < -0.4 is 5.73 Å². The van der Waals surface area contributed by atoms with Gasteiger partial charge in [0.1, 0.15) is 11.9 Å². The van der Waals surface area contributed by atoms with Gasteiger partial charge < -0.3 is 10.6 Å². The Balaban J connectivity index is 2.00. The van der Waals surface area contributed by atoms with Crippen LogP contribution in [0.3, 0.4) is 0 Å². The monoisotopic (exact) mass is 358 g/mol. The Morgan fingerprint density at radius 3 is 2.41 bits per heavy atom. The first-order chi connectivity index (χ1) is 13.0. The molecule has 0 aromatic heterocycles. The second-order valence-corrected chi connectivity index (χ2v) is 6.76. The number of rotatable bonds is 2.